The minimum atomic E-state index is 0.958. The Morgan fingerprint density at radius 3 is 2.04 bits per heavy atom. The summed E-state index contributed by atoms with van der Waals surface area (Å²) in [6.45, 7) is 2.11. The topological polar surface area (TPSA) is 17.8 Å². The summed E-state index contributed by atoms with van der Waals surface area (Å²) in [5.41, 5.74) is 5.59. The highest BCUT2D eigenvalue weighted by atomic mass is 15.1. The molecule has 2 heteroatoms. The van der Waals surface area contributed by atoms with Gasteiger partial charge in [0, 0.05) is 23.0 Å². The zero-order valence-corrected chi connectivity index (χ0v) is 13.6. The van der Waals surface area contributed by atoms with Crippen molar-refractivity contribution in [1.82, 2.24) is 9.55 Å². The first-order chi connectivity index (χ1) is 11.8. The molecule has 0 saturated carbocycles. The quantitative estimate of drug-likeness (QED) is 0.487. The SMILES string of the molecule is Cc1cccc(-n2cc(-c3ccccc3)nc2-c2ccccc2)c1. The molecule has 2 nitrogen and oxygen atoms in total. The van der Waals surface area contributed by atoms with E-state index < -0.39 is 0 Å². The van der Waals surface area contributed by atoms with Crippen LogP contribution in [0.15, 0.2) is 91.1 Å². The molecule has 0 aliphatic rings. The molecule has 4 rings (SSSR count). The van der Waals surface area contributed by atoms with Crippen LogP contribution in [0.1, 0.15) is 5.56 Å². The van der Waals surface area contributed by atoms with Crippen molar-refractivity contribution < 1.29 is 0 Å². The van der Waals surface area contributed by atoms with E-state index in [0.29, 0.717) is 0 Å². The Morgan fingerprint density at radius 1 is 0.708 bits per heavy atom. The van der Waals surface area contributed by atoms with Gasteiger partial charge in [-0.2, -0.15) is 0 Å². The van der Waals surface area contributed by atoms with Crippen molar-refractivity contribution in [2.45, 2.75) is 6.92 Å². The third-order valence-electron chi connectivity index (χ3n) is 4.09. The molecule has 0 spiro atoms. The summed E-state index contributed by atoms with van der Waals surface area (Å²) in [5, 5.41) is 0. The van der Waals surface area contributed by atoms with Gasteiger partial charge in [0.05, 0.1) is 5.69 Å². The van der Waals surface area contributed by atoms with Crippen LogP contribution in [0.2, 0.25) is 0 Å². The van der Waals surface area contributed by atoms with Gasteiger partial charge in [-0.1, -0.05) is 72.8 Å². The minimum absolute atomic E-state index is 0.958. The number of benzene rings is 3. The molecule has 0 unspecified atom stereocenters. The van der Waals surface area contributed by atoms with Gasteiger partial charge in [-0.3, -0.25) is 4.57 Å². The first-order valence-electron chi connectivity index (χ1n) is 8.08. The number of aromatic nitrogens is 2. The molecule has 0 amide bonds. The molecule has 4 aromatic rings. The van der Waals surface area contributed by atoms with E-state index >= 15 is 0 Å². The van der Waals surface area contributed by atoms with E-state index in [9.17, 15) is 0 Å². The summed E-state index contributed by atoms with van der Waals surface area (Å²) >= 11 is 0. The van der Waals surface area contributed by atoms with Gasteiger partial charge in [0.2, 0.25) is 0 Å². The number of imidazole rings is 1. The van der Waals surface area contributed by atoms with Crippen molar-refractivity contribution >= 4 is 0 Å². The minimum Gasteiger partial charge on any atom is -0.299 e. The van der Waals surface area contributed by atoms with Crippen LogP contribution in [0.3, 0.4) is 0 Å². The highest BCUT2D eigenvalue weighted by Gasteiger charge is 2.12. The molecule has 0 N–H and O–H groups in total. The van der Waals surface area contributed by atoms with Gasteiger partial charge in [-0.15, -0.1) is 0 Å². The van der Waals surface area contributed by atoms with Gasteiger partial charge in [0.25, 0.3) is 0 Å². The number of aryl methyl sites for hydroxylation is 1. The van der Waals surface area contributed by atoms with E-state index in [-0.39, 0.29) is 0 Å². The Morgan fingerprint density at radius 2 is 1.38 bits per heavy atom. The van der Waals surface area contributed by atoms with Crippen LogP contribution < -0.4 is 0 Å². The molecule has 0 bridgehead atoms. The van der Waals surface area contributed by atoms with E-state index in [0.717, 1.165) is 28.3 Å². The first-order valence-corrected chi connectivity index (χ1v) is 8.08. The molecule has 0 fully saturated rings. The number of nitrogens with zero attached hydrogens (tertiary/aromatic N) is 2. The fraction of sp³-hybridized carbons (Fsp3) is 0.0455. The molecule has 0 radical (unpaired) electrons. The Labute approximate surface area is 142 Å². The molecule has 1 heterocycles. The number of hydrogen-bond acceptors (Lipinski definition) is 1. The second kappa shape index (κ2) is 6.17. The highest BCUT2D eigenvalue weighted by Crippen LogP contribution is 2.27. The van der Waals surface area contributed by atoms with E-state index in [2.05, 4.69) is 66.2 Å². The van der Waals surface area contributed by atoms with Crippen LogP contribution in [0.5, 0.6) is 0 Å². The van der Waals surface area contributed by atoms with Crippen LogP contribution in [0.25, 0.3) is 28.3 Å². The van der Waals surface area contributed by atoms with E-state index in [1.165, 1.54) is 5.56 Å². The molecule has 24 heavy (non-hydrogen) atoms. The van der Waals surface area contributed by atoms with Crippen molar-refractivity contribution in [3.05, 3.63) is 96.7 Å². The van der Waals surface area contributed by atoms with Gasteiger partial charge in [0.15, 0.2) is 0 Å². The lowest BCUT2D eigenvalue weighted by Crippen LogP contribution is -1.96. The third-order valence-corrected chi connectivity index (χ3v) is 4.09. The molecule has 0 aliphatic carbocycles. The Hall–Kier alpha value is -3.13. The van der Waals surface area contributed by atoms with Gasteiger partial charge in [-0.25, -0.2) is 4.98 Å². The van der Waals surface area contributed by atoms with Crippen molar-refractivity contribution in [2.24, 2.45) is 0 Å². The second-order valence-electron chi connectivity index (χ2n) is 5.89. The standard InChI is InChI=1S/C22H18N2/c1-17-9-8-14-20(15-17)24-16-21(18-10-4-2-5-11-18)23-22(24)19-12-6-3-7-13-19/h2-16H,1H3. The van der Waals surface area contributed by atoms with Crippen LogP contribution >= 0.6 is 0 Å². The lowest BCUT2D eigenvalue weighted by atomic mass is 10.2. The third kappa shape index (κ3) is 2.74. The van der Waals surface area contributed by atoms with Crippen LogP contribution in [-0.4, -0.2) is 9.55 Å². The molecule has 0 aliphatic heterocycles. The average Bonchev–Trinajstić information content (AvgIpc) is 3.09. The Kier molecular flexibility index (Phi) is 3.72. The van der Waals surface area contributed by atoms with Crippen LogP contribution in [0.4, 0.5) is 0 Å². The van der Waals surface area contributed by atoms with Crippen molar-refractivity contribution in [1.29, 1.82) is 0 Å². The fourth-order valence-corrected chi connectivity index (χ4v) is 2.89. The summed E-state index contributed by atoms with van der Waals surface area (Å²) < 4.78 is 2.17. The molecular weight excluding hydrogens is 292 g/mol. The largest absolute Gasteiger partial charge is 0.299 e. The zero-order valence-electron chi connectivity index (χ0n) is 13.6. The molecular formula is C22H18N2. The van der Waals surface area contributed by atoms with Gasteiger partial charge in [-0.05, 0) is 24.6 Å². The van der Waals surface area contributed by atoms with Crippen LogP contribution in [0, 0.1) is 6.92 Å². The highest BCUT2D eigenvalue weighted by molar-refractivity contribution is 5.67. The molecule has 3 aromatic carbocycles. The maximum atomic E-state index is 4.92. The molecule has 1 aromatic heterocycles. The maximum absolute atomic E-state index is 4.92. The number of hydrogen-bond donors (Lipinski definition) is 0. The van der Waals surface area contributed by atoms with E-state index in [1.54, 1.807) is 0 Å². The Balaban J connectivity index is 1.92. The second-order valence-corrected chi connectivity index (χ2v) is 5.89. The van der Waals surface area contributed by atoms with Crippen molar-refractivity contribution in [3.8, 4) is 28.3 Å². The predicted molar refractivity (Wildman–Crippen MR) is 99.2 cm³/mol. The Bertz CT molecular complexity index is 954. The summed E-state index contributed by atoms with van der Waals surface area (Å²) in [6.07, 6.45) is 2.12. The summed E-state index contributed by atoms with van der Waals surface area (Å²) in [6, 6.07) is 29.1. The molecule has 0 atom stereocenters. The molecule has 116 valence electrons. The smallest absolute Gasteiger partial charge is 0.145 e. The van der Waals surface area contributed by atoms with Gasteiger partial charge in [0.1, 0.15) is 5.82 Å². The predicted octanol–water partition coefficient (Wildman–Crippen LogP) is 5.51. The number of rotatable bonds is 3. The first kappa shape index (κ1) is 14.5. The molecule has 0 saturated heterocycles. The van der Waals surface area contributed by atoms with Crippen molar-refractivity contribution in [2.75, 3.05) is 0 Å². The normalized spacial score (nSPS) is 10.7. The lowest BCUT2D eigenvalue weighted by Gasteiger charge is -2.08. The van der Waals surface area contributed by atoms with E-state index in [1.807, 2.05) is 36.4 Å². The maximum Gasteiger partial charge on any atom is 0.145 e. The summed E-state index contributed by atoms with van der Waals surface area (Å²) in [4.78, 5) is 4.92. The van der Waals surface area contributed by atoms with Crippen LogP contribution in [-0.2, 0) is 0 Å². The van der Waals surface area contributed by atoms with Gasteiger partial charge < -0.3 is 0 Å². The monoisotopic (exact) mass is 310 g/mol. The van der Waals surface area contributed by atoms with Gasteiger partial charge >= 0.3 is 0 Å². The lowest BCUT2D eigenvalue weighted by molar-refractivity contribution is 1.06. The average molecular weight is 310 g/mol. The summed E-state index contributed by atoms with van der Waals surface area (Å²) in [5.74, 6) is 0.958. The fourth-order valence-electron chi connectivity index (χ4n) is 2.89. The van der Waals surface area contributed by atoms with E-state index in [4.69, 9.17) is 4.98 Å². The zero-order chi connectivity index (χ0) is 16.4. The van der Waals surface area contributed by atoms with Crippen molar-refractivity contribution in [3.63, 3.8) is 0 Å². The summed E-state index contributed by atoms with van der Waals surface area (Å²) in [7, 11) is 0.